The lowest BCUT2D eigenvalue weighted by molar-refractivity contribution is 0.700. The topological polar surface area (TPSA) is 28.7 Å². The fourth-order valence-electron chi connectivity index (χ4n) is 2.77. The highest BCUT2D eigenvalue weighted by Gasteiger charge is 2.19. The molecule has 4 heterocycles. The number of nitrogens with zero attached hydrogens (tertiary/aromatic N) is 1. The van der Waals surface area contributed by atoms with E-state index in [4.69, 9.17) is 4.98 Å². The second-order valence-electron chi connectivity index (χ2n) is 5.58. The van der Waals surface area contributed by atoms with Crippen molar-refractivity contribution in [2.24, 2.45) is 0 Å². The van der Waals surface area contributed by atoms with E-state index in [1.165, 1.54) is 44.3 Å². The molecule has 0 atom stereocenters. The van der Waals surface area contributed by atoms with Gasteiger partial charge in [-0.15, -0.1) is 34.0 Å². The van der Waals surface area contributed by atoms with Crippen LogP contribution < -0.4 is 0 Å². The fraction of sp³-hybridized carbons (Fsp3) is 0.278. The summed E-state index contributed by atoms with van der Waals surface area (Å²) < 4.78 is 0. The lowest BCUT2D eigenvalue weighted by Gasteiger charge is -1.96. The Morgan fingerprint density at radius 3 is 2.39 bits per heavy atom. The first-order valence-corrected chi connectivity index (χ1v) is 10.5. The van der Waals surface area contributed by atoms with Gasteiger partial charge in [0.25, 0.3) is 0 Å². The standard InChI is InChI=1S/C18H18N2S3/c1-2-3-4-9-14-19-15-16(20-14)18(13-8-6-11-22-13)23-17(15)12-7-5-10-21-12/h5-8,10-11H,2-4,9H2,1H3,(H,19,20). The van der Waals surface area contributed by atoms with Crippen LogP contribution in [0.25, 0.3) is 30.5 Å². The van der Waals surface area contributed by atoms with Gasteiger partial charge in [0.2, 0.25) is 0 Å². The van der Waals surface area contributed by atoms with Crippen LogP contribution in [0.4, 0.5) is 0 Å². The minimum atomic E-state index is 1.04. The van der Waals surface area contributed by atoms with Crippen molar-refractivity contribution in [3.8, 4) is 19.5 Å². The minimum absolute atomic E-state index is 1.04. The Balaban J connectivity index is 1.82. The maximum Gasteiger partial charge on any atom is 0.109 e. The number of rotatable bonds is 6. The number of fused-ring (bicyclic) bond motifs is 1. The molecule has 0 saturated heterocycles. The van der Waals surface area contributed by atoms with Gasteiger partial charge in [-0.2, -0.15) is 0 Å². The number of hydrogen-bond donors (Lipinski definition) is 1. The molecule has 4 aromatic heterocycles. The highest BCUT2D eigenvalue weighted by Crippen LogP contribution is 2.45. The molecule has 0 fully saturated rings. The first-order chi connectivity index (χ1) is 11.4. The Labute approximate surface area is 147 Å². The molecule has 0 aromatic carbocycles. The molecule has 0 radical (unpaired) electrons. The van der Waals surface area contributed by atoms with E-state index in [1.54, 1.807) is 22.7 Å². The molecule has 0 unspecified atom stereocenters. The molecule has 1 N–H and O–H groups in total. The van der Waals surface area contributed by atoms with Gasteiger partial charge in [-0.05, 0) is 29.3 Å². The van der Waals surface area contributed by atoms with Crippen LogP contribution in [0.3, 0.4) is 0 Å². The van der Waals surface area contributed by atoms with E-state index in [1.807, 2.05) is 11.3 Å². The van der Waals surface area contributed by atoms with E-state index in [0.29, 0.717) is 0 Å². The van der Waals surface area contributed by atoms with E-state index >= 15 is 0 Å². The lowest BCUT2D eigenvalue weighted by Crippen LogP contribution is -1.88. The molecule has 4 aromatic rings. The molecule has 0 spiro atoms. The Morgan fingerprint density at radius 1 is 1.00 bits per heavy atom. The van der Waals surface area contributed by atoms with E-state index < -0.39 is 0 Å². The van der Waals surface area contributed by atoms with Gasteiger partial charge in [0.1, 0.15) is 11.3 Å². The van der Waals surface area contributed by atoms with Crippen LogP contribution in [0.1, 0.15) is 32.0 Å². The average molecular weight is 359 g/mol. The van der Waals surface area contributed by atoms with Crippen molar-refractivity contribution in [2.45, 2.75) is 32.6 Å². The van der Waals surface area contributed by atoms with Gasteiger partial charge in [-0.25, -0.2) is 4.98 Å². The van der Waals surface area contributed by atoms with Crippen molar-refractivity contribution >= 4 is 45.0 Å². The molecular formula is C18H18N2S3. The van der Waals surface area contributed by atoms with Gasteiger partial charge >= 0.3 is 0 Å². The number of nitrogens with one attached hydrogen (secondary N) is 1. The quantitative estimate of drug-likeness (QED) is 0.377. The number of aryl methyl sites for hydroxylation is 1. The predicted molar refractivity (Wildman–Crippen MR) is 104 cm³/mol. The van der Waals surface area contributed by atoms with Crippen LogP contribution in [0.2, 0.25) is 0 Å². The maximum atomic E-state index is 4.94. The monoisotopic (exact) mass is 358 g/mol. The summed E-state index contributed by atoms with van der Waals surface area (Å²) in [7, 11) is 0. The van der Waals surface area contributed by atoms with E-state index in [-0.39, 0.29) is 0 Å². The highest BCUT2D eigenvalue weighted by atomic mass is 32.1. The van der Waals surface area contributed by atoms with E-state index in [9.17, 15) is 0 Å². The number of hydrogen-bond acceptors (Lipinski definition) is 4. The molecule has 0 aliphatic carbocycles. The Kier molecular flexibility index (Phi) is 4.33. The average Bonchev–Trinajstić information content (AvgIpc) is 3.31. The normalized spacial score (nSPS) is 11.5. The number of unbranched alkanes of at least 4 members (excludes halogenated alkanes) is 2. The van der Waals surface area contributed by atoms with Gasteiger partial charge in [0.15, 0.2) is 0 Å². The zero-order chi connectivity index (χ0) is 15.6. The summed E-state index contributed by atoms with van der Waals surface area (Å²) in [5.74, 6) is 1.13. The number of thiophene rings is 3. The van der Waals surface area contributed by atoms with Crippen molar-refractivity contribution in [2.75, 3.05) is 0 Å². The van der Waals surface area contributed by atoms with E-state index in [0.717, 1.165) is 17.8 Å². The number of aromatic amines is 1. The summed E-state index contributed by atoms with van der Waals surface area (Å²) in [6, 6.07) is 8.63. The van der Waals surface area contributed by atoms with Crippen molar-refractivity contribution < 1.29 is 0 Å². The first-order valence-electron chi connectivity index (χ1n) is 7.96. The lowest BCUT2D eigenvalue weighted by atomic mass is 10.2. The molecule has 23 heavy (non-hydrogen) atoms. The van der Waals surface area contributed by atoms with Crippen LogP contribution in [0.15, 0.2) is 35.0 Å². The SMILES string of the molecule is CCCCCc1nc2c(-c3cccs3)sc(-c3cccs3)c2[nH]1. The summed E-state index contributed by atoms with van der Waals surface area (Å²) >= 11 is 5.45. The third kappa shape index (κ3) is 2.89. The molecule has 118 valence electrons. The Hall–Kier alpha value is -1.43. The Bertz CT molecular complexity index is 816. The van der Waals surface area contributed by atoms with Gasteiger partial charge in [-0.1, -0.05) is 31.9 Å². The molecule has 0 saturated carbocycles. The summed E-state index contributed by atoms with van der Waals surface area (Å²) in [5.41, 5.74) is 2.36. The molecule has 4 rings (SSSR count). The third-order valence-corrected chi connectivity index (χ3v) is 7.18. The molecule has 5 heteroatoms. The summed E-state index contributed by atoms with van der Waals surface area (Å²) in [6.07, 6.45) is 4.76. The molecule has 0 bridgehead atoms. The molecule has 0 amide bonds. The number of H-pyrrole nitrogens is 1. The summed E-state index contributed by atoms with van der Waals surface area (Å²) in [5, 5.41) is 4.28. The van der Waals surface area contributed by atoms with Gasteiger partial charge in [0.05, 0.1) is 15.3 Å². The molecule has 2 nitrogen and oxygen atoms in total. The van der Waals surface area contributed by atoms with Gasteiger partial charge in [0, 0.05) is 16.2 Å². The molecular weight excluding hydrogens is 340 g/mol. The van der Waals surface area contributed by atoms with Crippen LogP contribution in [-0.4, -0.2) is 9.97 Å². The fourth-order valence-corrected chi connectivity index (χ4v) is 5.68. The van der Waals surface area contributed by atoms with E-state index in [2.05, 4.69) is 46.9 Å². The molecule has 0 aliphatic rings. The van der Waals surface area contributed by atoms with Crippen LogP contribution in [0, 0.1) is 0 Å². The summed E-state index contributed by atoms with van der Waals surface area (Å²) in [4.78, 5) is 13.8. The van der Waals surface area contributed by atoms with Crippen LogP contribution >= 0.6 is 34.0 Å². The van der Waals surface area contributed by atoms with Crippen molar-refractivity contribution in [1.29, 1.82) is 0 Å². The third-order valence-electron chi connectivity index (χ3n) is 3.91. The minimum Gasteiger partial charge on any atom is -0.341 e. The van der Waals surface area contributed by atoms with Crippen molar-refractivity contribution in [3.05, 3.63) is 40.8 Å². The van der Waals surface area contributed by atoms with Crippen molar-refractivity contribution in [1.82, 2.24) is 9.97 Å². The number of aromatic nitrogens is 2. The Morgan fingerprint density at radius 2 is 1.74 bits per heavy atom. The largest absolute Gasteiger partial charge is 0.341 e. The van der Waals surface area contributed by atoms with Crippen LogP contribution in [-0.2, 0) is 6.42 Å². The zero-order valence-electron chi connectivity index (χ0n) is 13.0. The summed E-state index contributed by atoms with van der Waals surface area (Å²) in [6.45, 7) is 2.24. The van der Waals surface area contributed by atoms with Gasteiger partial charge in [-0.3, -0.25) is 0 Å². The highest BCUT2D eigenvalue weighted by molar-refractivity contribution is 7.27. The van der Waals surface area contributed by atoms with Gasteiger partial charge < -0.3 is 4.98 Å². The number of imidazole rings is 1. The second kappa shape index (κ2) is 6.59. The van der Waals surface area contributed by atoms with Crippen LogP contribution in [0.5, 0.6) is 0 Å². The zero-order valence-corrected chi connectivity index (χ0v) is 15.4. The smallest absolute Gasteiger partial charge is 0.109 e. The first kappa shape index (κ1) is 15.1. The second-order valence-corrected chi connectivity index (χ2v) is 8.50. The maximum absolute atomic E-state index is 4.94. The predicted octanol–water partition coefficient (Wildman–Crippen LogP) is 6.81. The van der Waals surface area contributed by atoms with Crippen molar-refractivity contribution in [3.63, 3.8) is 0 Å². The molecule has 0 aliphatic heterocycles.